The quantitative estimate of drug-likeness (QED) is 0.295. The van der Waals surface area contributed by atoms with Crippen LogP contribution in [0.1, 0.15) is 49.6 Å². The summed E-state index contributed by atoms with van der Waals surface area (Å²) >= 11 is 0. The van der Waals surface area contributed by atoms with Crippen molar-refractivity contribution in [3.8, 4) is 0 Å². The van der Waals surface area contributed by atoms with E-state index in [1.165, 1.54) is 17.0 Å². The van der Waals surface area contributed by atoms with Gasteiger partial charge in [-0.1, -0.05) is 6.07 Å². The van der Waals surface area contributed by atoms with Crippen LogP contribution in [-0.4, -0.2) is 34.0 Å². The van der Waals surface area contributed by atoms with Gasteiger partial charge in [-0.05, 0) is 62.1 Å². The second-order valence-electron chi connectivity index (χ2n) is 9.10. The van der Waals surface area contributed by atoms with E-state index < -0.39 is 23.8 Å². The van der Waals surface area contributed by atoms with Crippen LogP contribution in [0.2, 0.25) is 0 Å². The largest absolute Gasteiger partial charge is 0.389 e. The van der Waals surface area contributed by atoms with Crippen molar-refractivity contribution in [2.45, 2.75) is 57.3 Å². The summed E-state index contributed by atoms with van der Waals surface area (Å²) in [6.45, 7) is 2.48. The van der Waals surface area contributed by atoms with Crippen molar-refractivity contribution in [3.05, 3.63) is 59.2 Å². The summed E-state index contributed by atoms with van der Waals surface area (Å²) in [6.07, 6.45) is -3.94. The lowest BCUT2D eigenvalue weighted by molar-refractivity contribution is -0.135. The topological polar surface area (TPSA) is 76.5 Å². The lowest BCUT2D eigenvalue weighted by atomic mass is 9.98. The van der Waals surface area contributed by atoms with Crippen molar-refractivity contribution in [2.75, 3.05) is 11.4 Å². The van der Waals surface area contributed by atoms with Gasteiger partial charge in [-0.3, -0.25) is 9.79 Å². The molecule has 1 aromatic heterocycles. The van der Waals surface area contributed by atoms with E-state index in [2.05, 4.69) is 9.98 Å². The number of nitrogens with zero attached hydrogens (tertiary/aromatic N) is 4. The fourth-order valence-corrected chi connectivity index (χ4v) is 4.93. The van der Waals surface area contributed by atoms with Gasteiger partial charge in [0, 0.05) is 25.1 Å². The summed E-state index contributed by atoms with van der Waals surface area (Å²) in [4.78, 5) is 23.7. The molecule has 1 amide bonds. The molecule has 10 heteroatoms. The molecule has 1 saturated carbocycles. The summed E-state index contributed by atoms with van der Waals surface area (Å²) in [5.74, 6) is 0.212. The Morgan fingerprint density at radius 1 is 1.20 bits per heavy atom. The van der Waals surface area contributed by atoms with E-state index in [0.717, 1.165) is 5.56 Å². The summed E-state index contributed by atoms with van der Waals surface area (Å²) in [5.41, 5.74) is 8.56. The minimum absolute atomic E-state index is 0.0333. The maximum Gasteiger partial charge on any atom is 0.389 e. The molecule has 1 aliphatic heterocycles. The summed E-state index contributed by atoms with van der Waals surface area (Å²) in [5, 5.41) is 0. The fourth-order valence-electron chi connectivity index (χ4n) is 4.93. The second-order valence-corrected chi connectivity index (χ2v) is 9.10. The van der Waals surface area contributed by atoms with Crippen LogP contribution in [0.25, 0.3) is 11.0 Å². The third-order valence-corrected chi connectivity index (χ3v) is 6.76. The van der Waals surface area contributed by atoms with E-state index in [1.54, 1.807) is 28.8 Å². The molecular weight excluding hydrogens is 462 g/mol. The molecule has 6 nitrogen and oxygen atoms in total. The highest BCUT2D eigenvalue weighted by atomic mass is 19.4. The molecule has 2 aromatic carbocycles. The Bertz CT molecular complexity index is 1340. The first-order valence-corrected chi connectivity index (χ1v) is 11.6. The van der Waals surface area contributed by atoms with Gasteiger partial charge in [-0.25, -0.2) is 9.37 Å². The zero-order chi connectivity index (χ0) is 25.0. The molecule has 0 unspecified atom stereocenters. The molecule has 1 spiro atoms. The Morgan fingerprint density at radius 3 is 2.66 bits per heavy atom. The van der Waals surface area contributed by atoms with Crippen molar-refractivity contribution < 1.29 is 22.4 Å². The molecule has 0 saturated heterocycles. The molecule has 0 atom stereocenters. The number of rotatable bonds is 7. The zero-order valence-electron chi connectivity index (χ0n) is 19.2. The van der Waals surface area contributed by atoms with Crippen molar-refractivity contribution >= 4 is 28.5 Å². The van der Waals surface area contributed by atoms with E-state index in [0.29, 0.717) is 53.3 Å². The van der Waals surface area contributed by atoms with Crippen molar-refractivity contribution in [3.63, 3.8) is 0 Å². The van der Waals surface area contributed by atoms with Gasteiger partial charge in [-0.15, -0.1) is 0 Å². The number of amidine groups is 1. The number of benzene rings is 2. The number of anilines is 1. The van der Waals surface area contributed by atoms with Gasteiger partial charge in [0.2, 0.25) is 5.91 Å². The normalized spacial score (nSPS) is 17.0. The number of carbonyl (C=O) groups excluding carboxylic acids is 1. The minimum Gasteiger partial charge on any atom is -0.384 e. The second kappa shape index (κ2) is 8.35. The number of hydrogen-bond donors (Lipinski definition) is 1. The highest BCUT2D eigenvalue weighted by molar-refractivity contribution is 6.10. The Kier molecular flexibility index (Phi) is 5.56. The van der Waals surface area contributed by atoms with E-state index in [9.17, 15) is 22.4 Å². The maximum absolute atomic E-state index is 14.1. The summed E-state index contributed by atoms with van der Waals surface area (Å²) in [6, 6.07) is 9.62. The van der Waals surface area contributed by atoms with E-state index >= 15 is 0 Å². The highest BCUT2D eigenvalue weighted by Gasteiger charge is 2.59. The molecule has 3 aromatic rings. The summed E-state index contributed by atoms with van der Waals surface area (Å²) < 4.78 is 54.3. The average molecular weight is 488 g/mol. The van der Waals surface area contributed by atoms with Crippen LogP contribution in [0.4, 0.5) is 23.2 Å². The average Bonchev–Trinajstić information content (AvgIpc) is 3.49. The molecule has 0 bridgehead atoms. The molecule has 2 heterocycles. The predicted molar refractivity (Wildman–Crippen MR) is 125 cm³/mol. The first-order chi connectivity index (χ1) is 16.6. The molecule has 2 aliphatic rings. The minimum atomic E-state index is -4.27. The number of imidazole rings is 1. The number of alkyl halides is 3. The molecule has 1 aliphatic carbocycles. The Morgan fingerprint density at radius 2 is 1.97 bits per heavy atom. The zero-order valence-corrected chi connectivity index (χ0v) is 19.2. The predicted octanol–water partition coefficient (Wildman–Crippen LogP) is 4.82. The van der Waals surface area contributed by atoms with Crippen LogP contribution in [-0.2, 0) is 23.3 Å². The van der Waals surface area contributed by atoms with Crippen LogP contribution >= 0.6 is 0 Å². The number of hydrogen-bond acceptors (Lipinski definition) is 3. The first-order valence-electron chi connectivity index (χ1n) is 11.6. The first kappa shape index (κ1) is 23.3. The standard InChI is InChI=1S/C25H25F4N5O/c1-2-31-22(30)15-4-7-19-18(12-15)32-21(33(19)11-3-8-25(27,28)29)14-34-20-13-16(26)5-6-17(20)24(9-10-24)23(34)35/h4-7,12-13H,2-3,8-11,14H2,1H3,(H2,30,31). The molecule has 5 rings (SSSR count). The van der Waals surface area contributed by atoms with Crippen molar-refractivity contribution in [1.29, 1.82) is 0 Å². The monoisotopic (exact) mass is 487 g/mol. The highest BCUT2D eigenvalue weighted by Crippen LogP contribution is 2.57. The van der Waals surface area contributed by atoms with E-state index in [1.807, 2.05) is 6.92 Å². The van der Waals surface area contributed by atoms with Crippen molar-refractivity contribution in [1.82, 2.24) is 9.55 Å². The number of aryl methyl sites for hydroxylation is 1. The van der Waals surface area contributed by atoms with Crippen molar-refractivity contribution in [2.24, 2.45) is 10.7 Å². The van der Waals surface area contributed by atoms with E-state index in [4.69, 9.17) is 5.73 Å². The van der Waals surface area contributed by atoms with Gasteiger partial charge < -0.3 is 15.2 Å². The molecule has 1 fully saturated rings. The summed E-state index contributed by atoms with van der Waals surface area (Å²) in [7, 11) is 0. The van der Waals surface area contributed by atoms with Gasteiger partial charge in [0.05, 0.1) is 28.7 Å². The number of aromatic nitrogens is 2. The number of fused-ring (bicyclic) bond motifs is 3. The van der Waals surface area contributed by atoms with Crippen LogP contribution in [0.15, 0.2) is 41.4 Å². The SMILES string of the molecule is CCN=C(N)c1ccc2c(c1)nc(CN1C(=O)C3(CC3)c3ccc(F)cc31)n2CCCC(F)(F)F. The number of aliphatic imine (C=N–C) groups is 1. The van der Waals surface area contributed by atoms with Crippen LogP contribution in [0.3, 0.4) is 0 Å². The third-order valence-electron chi connectivity index (χ3n) is 6.76. The number of nitrogens with two attached hydrogens (primary N) is 1. The molecule has 2 N–H and O–H groups in total. The Labute approximate surface area is 199 Å². The number of carbonyl (C=O) groups is 1. The van der Waals surface area contributed by atoms with Gasteiger partial charge in [0.1, 0.15) is 17.5 Å². The number of amides is 1. The smallest absolute Gasteiger partial charge is 0.384 e. The van der Waals surface area contributed by atoms with Crippen LogP contribution in [0.5, 0.6) is 0 Å². The fraction of sp³-hybridized carbons (Fsp3) is 0.400. The van der Waals surface area contributed by atoms with Crippen LogP contribution in [0, 0.1) is 5.82 Å². The molecule has 35 heavy (non-hydrogen) atoms. The Hall–Kier alpha value is -3.43. The van der Waals surface area contributed by atoms with Gasteiger partial charge >= 0.3 is 6.18 Å². The van der Waals surface area contributed by atoms with Gasteiger partial charge in [0.15, 0.2) is 0 Å². The third kappa shape index (κ3) is 4.15. The molecule has 0 radical (unpaired) electrons. The van der Waals surface area contributed by atoms with Gasteiger partial charge in [-0.2, -0.15) is 13.2 Å². The number of halogens is 4. The van der Waals surface area contributed by atoms with Gasteiger partial charge in [0.25, 0.3) is 0 Å². The van der Waals surface area contributed by atoms with Crippen LogP contribution < -0.4 is 10.6 Å². The lowest BCUT2D eigenvalue weighted by Crippen LogP contribution is -2.32. The lowest BCUT2D eigenvalue weighted by Gasteiger charge is -2.19. The van der Waals surface area contributed by atoms with E-state index in [-0.39, 0.29) is 25.4 Å². The molecule has 184 valence electrons. The Balaban J connectivity index is 1.54. The maximum atomic E-state index is 14.1. The molecular formula is C25H25F4N5O.